The molecule has 1 rings (SSSR count). The van der Waals surface area contributed by atoms with E-state index >= 15 is 0 Å². The maximum Gasteiger partial charge on any atom is 0.340 e. The summed E-state index contributed by atoms with van der Waals surface area (Å²) in [5, 5.41) is 19.7. The maximum atomic E-state index is 11.5. The molecule has 0 saturated carbocycles. The lowest BCUT2D eigenvalue weighted by atomic mass is 9.95. The molecule has 0 aliphatic carbocycles. The molecular weight excluding hydrogens is 374 g/mol. The number of rotatable bonds is 8. The van der Waals surface area contributed by atoms with Gasteiger partial charge in [0.25, 0.3) is 0 Å². The lowest BCUT2D eigenvalue weighted by Crippen LogP contribution is -2.42. The average Bonchev–Trinajstić information content (AvgIpc) is 2.76. The highest BCUT2D eigenvalue weighted by Gasteiger charge is 2.53. The zero-order chi connectivity index (χ0) is 18.0. The van der Waals surface area contributed by atoms with E-state index in [-0.39, 0.29) is 0 Å². The lowest BCUT2D eigenvalue weighted by molar-refractivity contribution is -0.140. The van der Waals surface area contributed by atoms with E-state index in [0.717, 1.165) is 11.3 Å². The second-order valence-corrected chi connectivity index (χ2v) is 9.19. The maximum absolute atomic E-state index is 11.5. The first kappa shape index (κ1) is 20.0. The second kappa shape index (κ2) is 7.23. The van der Waals surface area contributed by atoms with E-state index in [0.29, 0.717) is 4.88 Å². The van der Waals surface area contributed by atoms with Crippen LogP contribution in [0.5, 0.6) is 0 Å². The largest absolute Gasteiger partial charge is 0.481 e. The molecule has 2 atom stereocenters. The van der Waals surface area contributed by atoms with Crippen LogP contribution in [0.3, 0.4) is 0 Å². The van der Waals surface area contributed by atoms with Gasteiger partial charge in [0.05, 0.1) is 0 Å². The minimum atomic E-state index is -5.37. The molecule has 0 bridgehead atoms. The summed E-state index contributed by atoms with van der Waals surface area (Å²) in [5.41, 5.74) is -5.11. The fourth-order valence-corrected chi connectivity index (χ4v) is 5.25. The molecule has 23 heavy (non-hydrogen) atoms. The van der Waals surface area contributed by atoms with Crippen molar-refractivity contribution in [1.29, 1.82) is 0 Å². The third-order valence-electron chi connectivity index (χ3n) is 3.06. The Bertz CT molecular complexity index is 619. The predicted octanol–water partition coefficient (Wildman–Crippen LogP) is 0.169. The van der Waals surface area contributed by atoms with Gasteiger partial charge in [-0.3, -0.25) is 18.7 Å². The molecule has 10 nitrogen and oxygen atoms in total. The van der Waals surface area contributed by atoms with Gasteiger partial charge >= 0.3 is 27.1 Å². The first-order valence-corrected chi connectivity index (χ1v) is 10.2. The van der Waals surface area contributed by atoms with E-state index in [9.17, 15) is 38.3 Å². The van der Waals surface area contributed by atoms with Crippen LogP contribution in [0.25, 0.3) is 0 Å². The van der Waals surface area contributed by atoms with Crippen molar-refractivity contribution in [2.45, 2.75) is 17.7 Å². The van der Waals surface area contributed by atoms with Crippen molar-refractivity contribution in [3.05, 3.63) is 22.4 Å². The van der Waals surface area contributed by atoms with Gasteiger partial charge in [-0.05, 0) is 17.9 Å². The molecule has 0 saturated heterocycles. The van der Waals surface area contributed by atoms with Crippen molar-refractivity contribution in [2.24, 2.45) is 5.92 Å². The SMILES string of the molecule is O=C(O)C(C(Cc1cccs1)C(C(=O)O)P(=O)(O)O)P(=O)(O)O. The smallest absolute Gasteiger partial charge is 0.340 e. The van der Waals surface area contributed by atoms with Gasteiger partial charge in [0, 0.05) is 10.8 Å². The van der Waals surface area contributed by atoms with E-state index in [4.69, 9.17) is 10.2 Å². The Balaban J connectivity index is 3.46. The fourth-order valence-electron chi connectivity index (χ4n) is 2.21. The van der Waals surface area contributed by atoms with Crippen LogP contribution < -0.4 is 0 Å². The molecule has 0 radical (unpaired) electrons. The Morgan fingerprint density at radius 3 is 1.70 bits per heavy atom. The summed E-state index contributed by atoms with van der Waals surface area (Å²) >= 11 is 1.04. The topological polar surface area (TPSA) is 190 Å². The summed E-state index contributed by atoms with van der Waals surface area (Å²) in [6, 6.07) is 2.96. The quantitative estimate of drug-likeness (QED) is 0.335. The predicted molar refractivity (Wildman–Crippen MR) is 78.4 cm³/mol. The molecule has 130 valence electrons. The number of aliphatic carboxylic acids is 2. The van der Waals surface area contributed by atoms with Gasteiger partial charge in [0.15, 0.2) is 11.3 Å². The van der Waals surface area contributed by atoms with Gasteiger partial charge in [-0.15, -0.1) is 11.3 Å². The summed E-state index contributed by atoms with van der Waals surface area (Å²) in [7, 11) is -10.7. The summed E-state index contributed by atoms with van der Waals surface area (Å²) in [6.45, 7) is 0. The van der Waals surface area contributed by atoms with Crippen molar-refractivity contribution >= 4 is 38.5 Å². The highest BCUT2D eigenvalue weighted by molar-refractivity contribution is 7.55. The van der Waals surface area contributed by atoms with Crippen LogP contribution >= 0.6 is 26.5 Å². The number of thiophene rings is 1. The average molecular weight is 388 g/mol. The first-order chi connectivity index (χ1) is 10.4. The number of carboxylic acid groups (broad SMARTS) is 2. The molecule has 2 unspecified atom stereocenters. The summed E-state index contributed by atoms with van der Waals surface area (Å²) < 4.78 is 22.9. The zero-order valence-corrected chi connectivity index (χ0v) is 13.9. The van der Waals surface area contributed by atoms with Gasteiger partial charge in [0.2, 0.25) is 0 Å². The van der Waals surface area contributed by atoms with Gasteiger partial charge in [-0.2, -0.15) is 0 Å². The molecule has 13 heteroatoms. The van der Waals surface area contributed by atoms with Gasteiger partial charge < -0.3 is 29.8 Å². The molecule has 0 amide bonds. The molecule has 6 N–H and O–H groups in total. The Morgan fingerprint density at radius 2 is 1.43 bits per heavy atom. The van der Waals surface area contributed by atoms with E-state index < -0.39 is 50.8 Å². The normalized spacial score (nSPS) is 16.5. The van der Waals surface area contributed by atoms with Gasteiger partial charge in [-0.1, -0.05) is 6.07 Å². The molecule has 0 aliphatic heterocycles. The third-order valence-corrected chi connectivity index (χ3v) is 6.61. The van der Waals surface area contributed by atoms with Crippen molar-refractivity contribution < 1.29 is 48.5 Å². The van der Waals surface area contributed by atoms with Crippen LogP contribution in [0.2, 0.25) is 0 Å². The zero-order valence-electron chi connectivity index (χ0n) is 11.3. The van der Waals surface area contributed by atoms with Crippen LogP contribution in [0, 0.1) is 5.92 Å². The standard InChI is InChI=1S/C10H14O10P2S/c11-9(12)7(21(15,16)17)6(4-5-2-1-3-23-5)8(10(13)14)22(18,19)20/h1-3,6-8H,4H2,(H,11,12)(H,13,14)(H2,15,16,17)(H2,18,19,20). The van der Waals surface area contributed by atoms with Crippen LogP contribution in [0.4, 0.5) is 0 Å². The van der Waals surface area contributed by atoms with Gasteiger partial charge in [0.1, 0.15) is 0 Å². The van der Waals surface area contributed by atoms with Crippen molar-refractivity contribution in [1.82, 2.24) is 0 Å². The number of carboxylic acids is 2. The molecule has 0 aliphatic rings. The molecular formula is C10H14O10P2S. The molecule has 1 aromatic heterocycles. The Morgan fingerprint density at radius 1 is 1.00 bits per heavy atom. The van der Waals surface area contributed by atoms with Crippen molar-refractivity contribution in [2.75, 3.05) is 0 Å². The molecule has 0 spiro atoms. The van der Waals surface area contributed by atoms with Crippen LogP contribution in [0.15, 0.2) is 17.5 Å². The Labute approximate surface area is 133 Å². The molecule has 1 aromatic rings. The number of carbonyl (C=O) groups is 2. The summed E-state index contributed by atoms with van der Waals surface area (Å²) in [6.07, 6.45) is -0.512. The Kier molecular flexibility index (Phi) is 6.28. The van der Waals surface area contributed by atoms with Crippen molar-refractivity contribution in [3.8, 4) is 0 Å². The minimum Gasteiger partial charge on any atom is -0.481 e. The lowest BCUT2D eigenvalue weighted by Gasteiger charge is -2.29. The highest BCUT2D eigenvalue weighted by atomic mass is 32.1. The van der Waals surface area contributed by atoms with E-state index in [2.05, 4.69) is 0 Å². The second-order valence-electron chi connectivity index (χ2n) is 4.69. The summed E-state index contributed by atoms with van der Waals surface area (Å²) in [5.74, 6) is -6.05. The fraction of sp³-hybridized carbons (Fsp3) is 0.400. The molecule has 1 heterocycles. The molecule has 0 fully saturated rings. The van der Waals surface area contributed by atoms with Crippen LogP contribution in [0.1, 0.15) is 4.88 Å². The first-order valence-electron chi connectivity index (χ1n) is 5.94. The Hall–Kier alpha value is -1.06. The van der Waals surface area contributed by atoms with Crippen LogP contribution in [-0.2, 0) is 25.1 Å². The van der Waals surface area contributed by atoms with E-state index in [1.807, 2.05) is 0 Å². The summed E-state index contributed by atoms with van der Waals surface area (Å²) in [4.78, 5) is 59.7. The van der Waals surface area contributed by atoms with Crippen molar-refractivity contribution in [3.63, 3.8) is 0 Å². The van der Waals surface area contributed by atoms with E-state index in [1.165, 1.54) is 12.1 Å². The number of hydrogen-bond acceptors (Lipinski definition) is 5. The van der Waals surface area contributed by atoms with Crippen LogP contribution in [-0.4, -0.2) is 53.0 Å². The van der Waals surface area contributed by atoms with E-state index in [1.54, 1.807) is 5.38 Å². The molecule has 0 aromatic carbocycles. The van der Waals surface area contributed by atoms with Gasteiger partial charge in [-0.25, -0.2) is 0 Å². The third kappa shape index (κ3) is 5.22. The monoisotopic (exact) mass is 388 g/mol. The number of hydrogen-bond donors (Lipinski definition) is 6. The minimum absolute atomic E-state index is 0.342. The highest BCUT2D eigenvalue weighted by Crippen LogP contribution is 2.54.